The summed E-state index contributed by atoms with van der Waals surface area (Å²) in [6.45, 7) is 3.72. The maximum atomic E-state index is 10.7. The van der Waals surface area contributed by atoms with Crippen LogP contribution in [-0.2, 0) is 0 Å². The van der Waals surface area contributed by atoms with Crippen LogP contribution in [0.4, 0.5) is 4.79 Å². The zero-order valence-corrected chi connectivity index (χ0v) is 12.8. The molecule has 0 aliphatic heterocycles. The van der Waals surface area contributed by atoms with E-state index in [9.17, 15) is 9.59 Å². The van der Waals surface area contributed by atoms with Crippen molar-refractivity contribution in [2.75, 3.05) is 0 Å². The van der Waals surface area contributed by atoms with Crippen molar-refractivity contribution in [3.63, 3.8) is 0 Å². The van der Waals surface area contributed by atoms with Crippen molar-refractivity contribution >= 4 is 12.1 Å². The van der Waals surface area contributed by atoms with Gasteiger partial charge in [-0.1, -0.05) is 30.3 Å². The summed E-state index contributed by atoms with van der Waals surface area (Å²) in [4.78, 5) is 20.7. The first kappa shape index (κ1) is 18.0. The zero-order chi connectivity index (χ0) is 17.2. The number of carbonyl (C=O) groups is 2. The molecule has 0 radical (unpaired) electrons. The number of benzene rings is 2. The van der Waals surface area contributed by atoms with Crippen molar-refractivity contribution in [2.24, 2.45) is 0 Å². The second-order valence-corrected chi connectivity index (χ2v) is 4.65. The highest BCUT2D eigenvalue weighted by Crippen LogP contribution is 2.18. The summed E-state index contributed by atoms with van der Waals surface area (Å²) in [7, 11) is 0. The Labute approximate surface area is 133 Å². The molecule has 23 heavy (non-hydrogen) atoms. The van der Waals surface area contributed by atoms with Gasteiger partial charge in [-0.05, 0) is 38.1 Å². The van der Waals surface area contributed by atoms with Gasteiger partial charge in [0.05, 0.1) is 6.10 Å². The van der Waals surface area contributed by atoms with Crippen LogP contribution in [0.3, 0.4) is 0 Å². The van der Waals surface area contributed by atoms with E-state index in [1.165, 1.54) is 6.07 Å². The van der Waals surface area contributed by atoms with Crippen LogP contribution in [0.15, 0.2) is 54.6 Å². The van der Waals surface area contributed by atoms with Crippen molar-refractivity contribution in [3.05, 3.63) is 60.2 Å². The Morgan fingerprint density at radius 2 is 1.48 bits per heavy atom. The van der Waals surface area contributed by atoms with Gasteiger partial charge in [-0.2, -0.15) is 0 Å². The van der Waals surface area contributed by atoms with Gasteiger partial charge in [-0.15, -0.1) is 0 Å². The van der Waals surface area contributed by atoms with E-state index in [4.69, 9.17) is 14.9 Å². The lowest BCUT2D eigenvalue weighted by molar-refractivity contribution is 0.0690. The molecule has 0 fully saturated rings. The molecule has 0 aromatic heterocycles. The van der Waals surface area contributed by atoms with Gasteiger partial charge in [0, 0.05) is 0 Å². The van der Waals surface area contributed by atoms with E-state index in [2.05, 4.69) is 4.74 Å². The number of carboxylic acid groups (broad SMARTS) is 2. The molecule has 0 heterocycles. The maximum Gasteiger partial charge on any atom is 0.511 e. The molecule has 0 aliphatic carbocycles. The van der Waals surface area contributed by atoms with Crippen LogP contribution in [0.5, 0.6) is 11.5 Å². The predicted molar refractivity (Wildman–Crippen MR) is 84.3 cm³/mol. The topological polar surface area (TPSA) is 93.1 Å². The number of carboxylic acids is 1. The van der Waals surface area contributed by atoms with Gasteiger partial charge >= 0.3 is 12.1 Å². The first-order chi connectivity index (χ1) is 10.9. The molecule has 2 aromatic carbocycles. The molecule has 2 rings (SSSR count). The molecule has 0 unspecified atom stereocenters. The standard InChI is InChI=1S/C10H12O3.C7H6O3/c1-7(2)13-9-6-4-3-5-8(9)10(11)12;8-7(9)10-6-4-2-1-3-5-6/h3-7H,1-2H3,(H,11,12);1-5H,(H,8,9). The van der Waals surface area contributed by atoms with Crippen molar-refractivity contribution in [1.82, 2.24) is 0 Å². The molecule has 0 saturated heterocycles. The Morgan fingerprint density at radius 1 is 0.913 bits per heavy atom. The molecular formula is C17H18O6. The van der Waals surface area contributed by atoms with Crippen molar-refractivity contribution < 1.29 is 29.3 Å². The van der Waals surface area contributed by atoms with Gasteiger partial charge in [0.15, 0.2) is 0 Å². The number of ether oxygens (including phenoxy) is 2. The summed E-state index contributed by atoms with van der Waals surface area (Å²) in [6, 6.07) is 15.0. The highest BCUT2D eigenvalue weighted by atomic mass is 16.7. The molecule has 0 aliphatic rings. The Bertz CT molecular complexity index is 637. The summed E-state index contributed by atoms with van der Waals surface area (Å²) in [5.74, 6) is -0.198. The summed E-state index contributed by atoms with van der Waals surface area (Å²) in [6.07, 6.45) is -1.30. The minimum Gasteiger partial charge on any atom is -0.490 e. The summed E-state index contributed by atoms with van der Waals surface area (Å²) in [5.41, 5.74) is 0.205. The third-order valence-corrected chi connectivity index (χ3v) is 2.43. The fourth-order valence-electron chi connectivity index (χ4n) is 1.59. The monoisotopic (exact) mass is 318 g/mol. The van der Waals surface area contributed by atoms with Crippen LogP contribution < -0.4 is 9.47 Å². The number of hydrogen-bond acceptors (Lipinski definition) is 4. The SMILES string of the molecule is CC(C)Oc1ccccc1C(=O)O.O=C(O)Oc1ccccc1. The lowest BCUT2D eigenvalue weighted by Gasteiger charge is -2.11. The van der Waals surface area contributed by atoms with Crippen molar-refractivity contribution in [2.45, 2.75) is 20.0 Å². The first-order valence-corrected chi connectivity index (χ1v) is 6.85. The van der Waals surface area contributed by atoms with E-state index in [-0.39, 0.29) is 11.7 Å². The highest BCUT2D eigenvalue weighted by Gasteiger charge is 2.10. The van der Waals surface area contributed by atoms with Crippen LogP contribution in [0.25, 0.3) is 0 Å². The highest BCUT2D eigenvalue weighted by molar-refractivity contribution is 5.90. The fraction of sp³-hybridized carbons (Fsp3) is 0.176. The average Bonchev–Trinajstić information content (AvgIpc) is 2.48. The van der Waals surface area contributed by atoms with E-state index in [0.29, 0.717) is 11.5 Å². The number of hydrogen-bond donors (Lipinski definition) is 2. The minimum atomic E-state index is -1.29. The number of para-hydroxylation sites is 2. The van der Waals surface area contributed by atoms with E-state index < -0.39 is 12.1 Å². The summed E-state index contributed by atoms with van der Waals surface area (Å²) in [5, 5.41) is 16.9. The van der Waals surface area contributed by atoms with Crippen LogP contribution in [0, 0.1) is 0 Å². The Morgan fingerprint density at radius 3 is 2.00 bits per heavy atom. The second-order valence-electron chi connectivity index (χ2n) is 4.65. The smallest absolute Gasteiger partial charge is 0.490 e. The second kappa shape index (κ2) is 9.09. The molecule has 0 bridgehead atoms. The molecule has 2 aromatic rings. The van der Waals surface area contributed by atoms with E-state index in [0.717, 1.165) is 0 Å². The third-order valence-electron chi connectivity index (χ3n) is 2.43. The molecule has 6 heteroatoms. The molecule has 0 spiro atoms. The lowest BCUT2D eigenvalue weighted by Crippen LogP contribution is -2.09. The summed E-state index contributed by atoms with van der Waals surface area (Å²) >= 11 is 0. The molecule has 6 nitrogen and oxygen atoms in total. The van der Waals surface area contributed by atoms with Crippen molar-refractivity contribution in [3.8, 4) is 11.5 Å². The molecular weight excluding hydrogens is 300 g/mol. The molecule has 2 N–H and O–H groups in total. The first-order valence-electron chi connectivity index (χ1n) is 6.85. The van der Waals surface area contributed by atoms with Crippen molar-refractivity contribution in [1.29, 1.82) is 0 Å². The van der Waals surface area contributed by atoms with E-state index in [1.54, 1.807) is 48.5 Å². The molecule has 0 saturated carbocycles. The Kier molecular flexibility index (Phi) is 7.13. The van der Waals surface area contributed by atoms with Crippen LogP contribution in [0.1, 0.15) is 24.2 Å². The molecule has 0 amide bonds. The van der Waals surface area contributed by atoms with Gasteiger partial charge in [0.2, 0.25) is 0 Å². The fourth-order valence-corrected chi connectivity index (χ4v) is 1.59. The van der Waals surface area contributed by atoms with Gasteiger partial charge in [-0.25, -0.2) is 9.59 Å². The Hall–Kier alpha value is -3.02. The number of aromatic carboxylic acids is 1. The van der Waals surface area contributed by atoms with Gasteiger partial charge in [0.1, 0.15) is 17.1 Å². The molecule has 0 atom stereocenters. The maximum absolute atomic E-state index is 10.7. The van der Waals surface area contributed by atoms with Crippen LogP contribution >= 0.6 is 0 Å². The lowest BCUT2D eigenvalue weighted by atomic mass is 10.2. The van der Waals surface area contributed by atoms with Crippen LogP contribution in [0.2, 0.25) is 0 Å². The number of rotatable bonds is 4. The van der Waals surface area contributed by atoms with Gasteiger partial charge in [-0.3, -0.25) is 0 Å². The zero-order valence-electron chi connectivity index (χ0n) is 12.8. The predicted octanol–water partition coefficient (Wildman–Crippen LogP) is 3.92. The van der Waals surface area contributed by atoms with E-state index in [1.807, 2.05) is 13.8 Å². The van der Waals surface area contributed by atoms with Crippen LogP contribution in [-0.4, -0.2) is 28.4 Å². The summed E-state index contributed by atoms with van der Waals surface area (Å²) < 4.78 is 9.66. The third kappa shape index (κ3) is 6.99. The average molecular weight is 318 g/mol. The quantitative estimate of drug-likeness (QED) is 0.655. The van der Waals surface area contributed by atoms with Gasteiger partial charge < -0.3 is 19.7 Å². The van der Waals surface area contributed by atoms with Gasteiger partial charge in [0.25, 0.3) is 0 Å². The Balaban J connectivity index is 0.000000238. The van der Waals surface area contributed by atoms with E-state index >= 15 is 0 Å². The minimum absolute atomic E-state index is 0.0134. The largest absolute Gasteiger partial charge is 0.511 e. The molecule has 122 valence electrons. The normalized spacial score (nSPS) is 9.52.